The van der Waals surface area contributed by atoms with Gasteiger partial charge in [-0.1, -0.05) is 48.5 Å². The topological polar surface area (TPSA) is 105 Å². The summed E-state index contributed by atoms with van der Waals surface area (Å²) < 4.78 is 10.9. The van der Waals surface area contributed by atoms with Gasteiger partial charge in [-0.25, -0.2) is 4.79 Å². The number of hydrogen-bond acceptors (Lipinski definition) is 5. The molecule has 2 aromatic carbocycles. The lowest BCUT2D eigenvalue weighted by Crippen LogP contribution is -2.34. The van der Waals surface area contributed by atoms with E-state index in [0.717, 1.165) is 22.3 Å². The largest absolute Gasteiger partial charge is 0.481 e. The molecule has 2 aromatic rings. The number of carboxylic acids is 1. The Bertz CT molecular complexity index is 994. The smallest absolute Gasteiger partial charge is 0.407 e. The van der Waals surface area contributed by atoms with Gasteiger partial charge in [0.2, 0.25) is 5.91 Å². The molecular formula is C25H28N2O6. The summed E-state index contributed by atoms with van der Waals surface area (Å²) >= 11 is 0. The maximum Gasteiger partial charge on any atom is 0.407 e. The van der Waals surface area contributed by atoms with Crippen molar-refractivity contribution >= 4 is 18.0 Å². The highest BCUT2D eigenvalue weighted by molar-refractivity contribution is 5.80. The molecule has 0 bridgehead atoms. The molecular weight excluding hydrogens is 424 g/mol. The molecule has 33 heavy (non-hydrogen) atoms. The molecule has 2 amide bonds. The molecule has 0 aromatic heterocycles. The molecule has 0 radical (unpaired) electrons. The number of ether oxygens (including phenoxy) is 2. The van der Waals surface area contributed by atoms with Crippen molar-refractivity contribution in [2.75, 3.05) is 32.8 Å². The van der Waals surface area contributed by atoms with Gasteiger partial charge in [0.25, 0.3) is 0 Å². The third-order valence-electron chi connectivity index (χ3n) is 6.27. The van der Waals surface area contributed by atoms with E-state index in [0.29, 0.717) is 6.61 Å². The van der Waals surface area contributed by atoms with E-state index in [-0.39, 0.29) is 44.5 Å². The average molecular weight is 453 g/mol. The first-order valence-corrected chi connectivity index (χ1v) is 11.2. The molecule has 8 nitrogen and oxygen atoms in total. The highest BCUT2D eigenvalue weighted by atomic mass is 16.5. The Hall–Kier alpha value is -3.39. The molecule has 2 atom stereocenters. The van der Waals surface area contributed by atoms with Crippen LogP contribution in [-0.4, -0.2) is 66.9 Å². The first kappa shape index (κ1) is 22.8. The fourth-order valence-corrected chi connectivity index (χ4v) is 4.68. The fraction of sp³-hybridized carbons (Fsp3) is 0.400. The van der Waals surface area contributed by atoms with E-state index in [1.54, 1.807) is 6.92 Å². The molecule has 2 N–H and O–H groups in total. The van der Waals surface area contributed by atoms with Gasteiger partial charge in [0.1, 0.15) is 12.5 Å². The number of nitrogens with one attached hydrogen (secondary N) is 1. The average Bonchev–Trinajstić information content (AvgIpc) is 3.38. The fourth-order valence-electron chi connectivity index (χ4n) is 4.68. The van der Waals surface area contributed by atoms with Crippen molar-refractivity contribution < 1.29 is 29.0 Å². The Morgan fingerprint density at radius 2 is 1.67 bits per heavy atom. The zero-order valence-electron chi connectivity index (χ0n) is 18.5. The number of rotatable bonds is 8. The van der Waals surface area contributed by atoms with Crippen molar-refractivity contribution in [3.8, 4) is 11.1 Å². The summed E-state index contributed by atoms with van der Waals surface area (Å²) in [4.78, 5) is 37.6. The van der Waals surface area contributed by atoms with Gasteiger partial charge < -0.3 is 24.8 Å². The highest BCUT2D eigenvalue weighted by Gasteiger charge is 2.40. The van der Waals surface area contributed by atoms with Crippen LogP contribution >= 0.6 is 0 Å². The molecule has 1 aliphatic heterocycles. The van der Waals surface area contributed by atoms with Gasteiger partial charge in [-0.2, -0.15) is 0 Å². The van der Waals surface area contributed by atoms with Crippen LogP contribution in [0.5, 0.6) is 0 Å². The Morgan fingerprint density at radius 3 is 2.27 bits per heavy atom. The van der Waals surface area contributed by atoms with Gasteiger partial charge in [0.05, 0.1) is 6.10 Å². The van der Waals surface area contributed by atoms with Crippen LogP contribution < -0.4 is 5.32 Å². The number of carbonyl (C=O) groups is 3. The molecule has 1 saturated heterocycles. The number of aliphatic carboxylic acids is 1. The van der Waals surface area contributed by atoms with Gasteiger partial charge in [-0.3, -0.25) is 9.59 Å². The summed E-state index contributed by atoms with van der Waals surface area (Å²) in [7, 11) is 0. The Balaban J connectivity index is 1.25. The standard InChI is InChI=1S/C25H28N2O6/c1-2-32-22-14-27(13-20(22)24(29)30)23(28)11-12-26-25(31)33-15-21-18-9-5-3-7-16(18)17-8-4-6-10-19(17)21/h3-10,20-22H,2,11-15H2,1H3,(H,26,31)(H,29,30). The highest BCUT2D eigenvalue weighted by Crippen LogP contribution is 2.44. The van der Waals surface area contributed by atoms with Crippen molar-refractivity contribution in [2.45, 2.75) is 25.4 Å². The number of benzene rings is 2. The minimum atomic E-state index is -0.972. The molecule has 0 saturated carbocycles. The third-order valence-corrected chi connectivity index (χ3v) is 6.27. The number of carboxylic acid groups (broad SMARTS) is 1. The van der Waals surface area contributed by atoms with Crippen LogP contribution in [-0.2, 0) is 19.1 Å². The zero-order valence-corrected chi connectivity index (χ0v) is 18.5. The predicted octanol–water partition coefficient (Wildman–Crippen LogP) is 2.86. The first-order chi connectivity index (χ1) is 16.0. The number of fused-ring (bicyclic) bond motifs is 3. The molecule has 4 rings (SSSR count). The number of likely N-dealkylation sites (tertiary alicyclic amines) is 1. The number of hydrogen-bond donors (Lipinski definition) is 2. The van der Waals surface area contributed by atoms with Gasteiger partial charge >= 0.3 is 12.1 Å². The van der Waals surface area contributed by atoms with Crippen LogP contribution in [0.15, 0.2) is 48.5 Å². The molecule has 1 heterocycles. The molecule has 0 spiro atoms. The van der Waals surface area contributed by atoms with E-state index in [2.05, 4.69) is 29.6 Å². The van der Waals surface area contributed by atoms with E-state index in [4.69, 9.17) is 9.47 Å². The first-order valence-electron chi connectivity index (χ1n) is 11.2. The maximum atomic E-state index is 12.5. The maximum absolute atomic E-state index is 12.5. The van der Waals surface area contributed by atoms with Crippen molar-refractivity contribution in [3.63, 3.8) is 0 Å². The van der Waals surface area contributed by atoms with E-state index >= 15 is 0 Å². The second-order valence-corrected chi connectivity index (χ2v) is 8.24. The van der Waals surface area contributed by atoms with Crippen molar-refractivity contribution in [1.82, 2.24) is 10.2 Å². The monoisotopic (exact) mass is 452 g/mol. The van der Waals surface area contributed by atoms with E-state index in [1.165, 1.54) is 4.90 Å². The lowest BCUT2D eigenvalue weighted by atomic mass is 9.98. The van der Waals surface area contributed by atoms with Crippen LogP contribution in [0.3, 0.4) is 0 Å². The Morgan fingerprint density at radius 1 is 1.03 bits per heavy atom. The van der Waals surface area contributed by atoms with Gasteiger partial charge in [-0.15, -0.1) is 0 Å². The van der Waals surface area contributed by atoms with Crippen LogP contribution in [0.25, 0.3) is 11.1 Å². The number of alkyl carbamates (subject to hydrolysis) is 1. The summed E-state index contributed by atoms with van der Waals surface area (Å²) in [6.45, 7) is 2.86. The van der Waals surface area contributed by atoms with E-state index in [1.807, 2.05) is 24.3 Å². The summed E-state index contributed by atoms with van der Waals surface area (Å²) in [6, 6.07) is 16.2. The van der Waals surface area contributed by atoms with Crippen LogP contribution in [0, 0.1) is 5.92 Å². The van der Waals surface area contributed by atoms with E-state index < -0.39 is 24.1 Å². The predicted molar refractivity (Wildman–Crippen MR) is 121 cm³/mol. The molecule has 8 heteroatoms. The lowest BCUT2D eigenvalue weighted by molar-refractivity contribution is -0.145. The Labute approximate surface area is 192 Å². The van der Waals surface area contributed by atoms with Crippen LogP contribution in [0.1, 0.15) is 30.4 Å². The van der Waals surface area contributed by atoms with Crippen molar-refractivity contribution in [1.29, 1.82) is 0 Å². The number of carbonyl (C=O) groups excluding carboxylic acids is 2. The normalized spacial score (nSPS) is 19.1. The second kappa shape index (κ2) is 10.0. The molecule has 1 aliphatic carbocycles. The number of nitrogens with zero attached hydrogens (tertiary/aromatic N) is 1. The van der Waals surface area contributed by atoms with Crippen molar-refractivity contribution in [2.24, 2.45) is 5.92 Å². The van der Waals surface area contributed by atoms with Gasteiger partial charge in [0, 0.05) is 38.6 Å². The molecule has 1 fully saturated rings. The minimum absolute atomic E-state index is 0.0298. The minimum Gasteiger partial charge on any atom is -0.481 e. The zero-order chi connectivity index (χ0) is 23.4. The van der Waals surface area contributed by atoms with Crippen LogP contribution in [0.4, 0.5) is 4.79 Å². The molecule has 2 unspecified atom stereocenters. The SMILES string of the molecule is CCOC1CN(C(=O)CCNC(=O)OCC2c3ccccc3-c3ccccc32)CC1C(=O)O. The number of amides is 2. The molecule has 174 valence electrons. The van der Waals surface area contributed by atoms with Crippen LogP contribution in [0.2, 0.25) is 0 Å². The quantitative estimate of drug-likeness (QED) is 0.638. The lowest BCUT2D eigenvalue weighted by Gasteiger charge is -2.17. The summed E-state index contributed by atoms with van der Waals surface area (Å²) in [6.07, 6.45) is -1.02. The summed E-state index contributed by atoms with van der Waals surface area (Å²) in [5.41, 5.74) is 4.58. The Kier molecular flexibility index (Phi) is 6.93. The summed E-state index contributed by atoms with van der Waals surface area (Å²) in [5, 5.41) is 12.0. The van der Waals surface area contributed by atoms with Crippen molar-refractivity contribution in [3.05, 3.63) is 59.7 Å². The van der Waals surface area contributed by atoms with Gasteiger partial charge in [-0.05, 0) is 29.2 Å². The van der Waals surface area contributed by atoms with E-state index in [9.17, 15) is 19.5 Å². The summed E-state index contributed by atoms with van der Waals surface area (Å²) in [5.74, 6) is -1.95. The molecule has 2 aliphatic rings. The third kappa shape index (κ3) is 4.85. The second-order valence-electron chi connectivity index (χ2n) is 8.24. The van der Waals surface area contributed by atoms with Gasteiger partial charge in [0.15, 0.2) is 0 Å².